The van der Waals surface area contributed by atoms with Gasteiger partial charge in [0.2, 0.25) is 0 Å². The molecule has 0 bridgehead atoms. The Balaban J connectivity index is 2.30. The third-order valence-electron chi connectivity index (χ3n) is 3.47. The number of phenolic OH excluding ortho intramolecular Hbond substituents is 1. The molecule has 0 fully saturated rings. The Kier molecular flexibility index (Phi) is 5.12. The molecule has 21 heavy (non-hydrogen) atoms. The van der Waals surface area contributed by atoms with Crippen LogP contribution in [0, 0.1) is 0 Å². The highest BCUT2D eigenvalue weighted by Gasteiger charge is 2.13. The average molecular weight is 349 g/mol. The SMILES string of the molecule is CCC(Nc1cc(Br)ccc1N(C)C)c1ccc(O)cc1. The minimum absolute atomic E-state index is 0.207. The predicted molar refractivity (Wildman–Crippen MR) is 93.2 cm³/mol. The second-order valence-corrected chi connectivity index (χ2v) is 6.17. The summed E-state index contributed by atoms with van der Waals surface area (Å²) in [6, 6.07) is 13.8. The highest BCUT2D eigenvalue weighted by Crippen LogP contribution is 2.32. The molecule has 0 amide bonds. The van der Waals surface area contributed by atoms with Gasteiger partial charge in [-0.1, -0.05) is 35.0 Å². The highest BCUT2D eigenvalue weighted by molar-refractivity contribution is 9.10. The van der Waals surface area contributed by atoms with Crippen molar-refractivity contribution in [3.63, 3.8) is 0 Å². The van der Waals surface area contributed by atoms with Gasteiger partial charge in [0, 0.05) is 18.6 Å². The van der Waals surface area contributed by atoms with Crippen LogP contribution in [0.4, 0.5) is 11.4 Å². The molecule has 2 N–H and O–H groups in total. The molecule has 0 aromatic heterocycles. The fourth-order valence-electron chi connectivity index (χ4n) is 2.33. The first kappa shape index (κ1) is 15.7. The van der Waals surface area contributed by atoms with E-state index in [0.29, 0.717) is 5.75 Å². The van der Waals surface area contributed by atoms with Crippen LogP contribution in [-0.2, 0) is 0 Å². The molecule has 1 unspecified atom stereocenters. The normalized spacial score (nSPS) is 12.0. The van der Waals surface area contributed by atoms with Crippen molar-refractivity contribution < 1.29 is 5.11 Å². The van der Waals surface area contributed by atoms with Crippen LogP contribution in [0.15, 0.2) is 46.9 Å². The molecule has 0 aliphatic rings. The van der Waals surface area contributed by atoms with Gasteiger partial charge in [-0.2, -0.15) is 0 Å². The molecule has 4 heteroatoms. The fraction of sp³-hybridized carbons (Fsp3) is 0.294. The zero-order valence-corrected chi connectivity index (χ0v) is 14.2. The number of nitrogens with zero attached hydrogens (tertiary/aromatic N) is 1. The third kappa shape index (κ3) is 3.91. The second-order valence-electron chi connectivity index (χ2n) is 5.25. The minimum Gasteiger partial charge on any atom is -0.508 e. The zero-order chi connectivity index (χ0) is 15.4. The van der Waals surface area contributed by atoms with E-state index in [0.717, 1.165) is 22.3 Å². The Morgan fingerprint density at radius 2 is 1.81 bits per heavy atom. The number of rotatable bonds is 5. The van der Waals surface area contributed by atoms with Gasteiger partial charge in [-0.3, -0.25) is 0 Å². The molecule has 0 saturated carbocycles. The molecule has 2 aromatic rings. The molecule has 0 saturated heterocycles. The van der Waals surface area contributed by atoms with Crippen LogP contribution < -0.4 is 10.2 Å². The Hall–Kier alpha value is -1.68. The Morgan fingerprint density at radius 1 is 1.14 bits per heavy atom. The van der Waals surface area contributed by atoms with Crippen LogP contribution in [0.1, 0.15) is 24.9 Å². The molecular weight excluding hydrogens is 328 g/mol. The molecule has 0 aliphatic carbocycles. The van der Waals surface area contributed by atoms with E-state index in [1.165, 1.54) is 5.56 Å². The average Bonchev–Trinajstić information content (AvgIpc) is 2.45. The molecule has 2 rings (SSSR count). The van der Waals surface area contributed by atoms with Crippen molar-refractivity contribution in [3.05, 3.63) is 52.5 Å². The maximum absolute atomic E-state index is 9.42. The zero-order valence-electron chi connectivity index (χ0n) is 12.6. The van der Waals surface area contributed by atoms with Crippen LogP contribution in [-0.4, -0.2) is 19.2 Å². The minimum atomic E-state index is 0.207. The summed E-state index contributed by atoms with van der Waals surface area (Å²) in [7, 11) is 4.08. The van der Waals surface area contributed by atoms with E-state index in [4.69, 9.17) is 0 Å². The molecule has 3 nitrogen and oxygen atoms in total. The van der Waals surface area contributed by atoms with Gasteiger partial charge in [0.25, 0.3) is 0 Å². The first-order valence-electron chi connectivity index (χ1n) is 7.03. The number of nitrogens with one attached hydrogen (secondary N) is 1. The van der Waals surface area contributed by atoms with Crippen LogP contribution in [0.5, 0.6) is 5.75 Å². The largest absolute Gasteiger partial charge is 0.508 e. The van der Waals surface area contributed by atoms with Gasteiger partial charge in [0.15, 0.2) is 0 Å². The van der Waals surface area contributed by atoms with Crippen LogP contribution >= 0.6 is 15.9 Å². The highest BCUT2D eigenvalue weighted by atomic mass is 79.9. The van der Waals surface area contributed by atoms with E-state index in [1.54, 1.807) is 12.1 Å². The van der Waals surface area contributed by atoms with Gasteiger partial charge in [0.05, 0.1) is 17.4 Å². The van der Waals surface area contributed by atoms with Gasteiger partial charge >= 0.3 is 0 Å². The summed E-state index contributed by atoms with van der Waals surface area (Å²) in [5.41, 5.74) is 3.41. The first-order valence-corrected chi connectivity index (χ1v) is 7.83. The Labute approximate surface area is 134 Å². The van der Waals surface area contributed by atoms with Gasteiger partial charge < -0.3 is 15.3 Å². The Bertz CT molecular complexity index is 596. The van der Waals surface area contributed by atoms with E-state index in [2.05, 4.69) is 45.2 Å². The third-order valence-corrected chi connectivity index (χ3v) is 3.97. The molecule has 1 atom stereocenters. The summed E-state index contributed by atoms with van der Waals surface area (Å²) in [6.07, 6.45) is 0.962. The smallest absolute Gasteiger partial charge is 0.115 e. The van der Waals surface area contributed by atoms with Crippen LogP contribution in [0.2, 0.25) is 0 Å². The summed E-state index contributed by atoms with van der Waals surface area (Å²) in [6.45, 7) is 2.15. The molecule has 0 aliphatic heterocycles. The quantitative estimate of drug-likeness (QED) is 0.815. The molecule has 2 aromatic carbocycles. The summed E-state index contributed by atoms with van der Waals surface area (Å²) in [5, 5.41) is 13.0. The fourth-order valence-corrected chi connectivity index (χ4v) is 2.69. The number of phenols is 1. The maximum atomic E-state index is 9.42. The van der Waals surface area contributed by atoms with Crippen LogP contribution in [0.25, 0.3) is 0 Å². The Morgan fingerprint density at radius 3 is 2.38 bits per heavy atom. The molecule has 0 heterocycles. The van der Waals surface area contributed by atoms with E-state index in [9.17, 15) is 5.11 Å². The van der Waals surface area contributed by atoms with Crippen molar-refractivity contribution >= 4 is 27.3 Å². The van der Waals surface area contributed by atoms with E-state index in [-0.39, 0.29) is 6.04 Å². The lowest BCUT2D eigenvalue weighted by Crippen LogP contribution is -2.15. The predicted octanol–water partition coefficient (Wildman–Crippen LogP) is 4.78. The topological polar surface area (TPSA) is 35.5 Å². The van der Waals surface area contributed by atoms with Crippen molar-refractivity contribution in [1.82, 2.24) is 0 Å². The number of aromatic hydroxyl groups is 1. The van der Waals surface area contributed by atoms with Gasteiger partial charge in [-0.05, 0) is 42.3 Å². The number of hydrogen-bond donors (Lipinski definition) is 2. The molecule has 0 radical (unpaired) electrons. The standard InChI is InChI=1S/C17H21BrN2O/c1-4-15(12-5-8-14(21)9-6-12)19-16-11-13(18)7-10-17(16)20(2)3/h5-11,15,19,21H,4H2,1-3H3. The lowest BCUT2D eigenvalue weighted by molar-refractivity contribution is 0.475. The lowest BCUT2D eigenvalue weighted by atomic mass is 10.0. The van der Waals surface area contributed by atoms with E-state index in [1.807, 2.05) is 32.3 Å². The summed E-state index contributed by atoms with van der Waals surface area (Å²) in [5.74, 6) is 0.296. The summed E-state index contributed by atoms with van der Waals surface area (Å²) < 4.78 is 1.05. The second kappa shape index (κ2) is 6.85. The van der Waals surface area contributed by atoms with Crippen molar-refractivity contribution in [3.8, 4) is 5.75 Å². The number of anilines is 2. The number of halogens is 1. The summed E-state index contributed by atoms with van der Waals surface area (Å²) >= 11 is 3.53. The van der Waals surface area contributed by atoms with Crippen molar-refractivity contribution in [1.29, 1.82) is 0 Å². The van der Waals surface area contributed by atoms with Crippen molar-refractivity contribution in [2.75, 3.05) is 24.3 Å². The van der Waals surface area contributed by atoms with E-state index >= 15 is 0 Å². The summed E-state index contributed by atoms with van der Waals surface area (Å²) in [4.78, 5) is 2.10. The maximum Gasteiger partial charge on any atom is 0.115 e. The molecule has 0 spiro atoms. The molecule has 112 valence electrons. The number of benzene rings is 2. The first-order chi connectivity index (χ1) is 10.0. The van der Waals surface area contributed by atoms with Crippen molar-refractivity contribution in [2.24, 2.45) is 0 Å². The van der Waals surface area contributed by atoms with Crippen molar-refractivity contribution in [2.45, 2.75) is 19.4 Å². The van der Waals surface area contributed by atoms with E-state index < -0.39 is 0 Å². The van der Waals surface area contributed by atoms with Gasteiger partial charge in [-0.15, -0.1) is 0 Å². The van der Waals surface area contributed by atoms with Gasteiger partial charge in [-0.25, -0.2) is 0 Å². The molecular formula is C17H21BrN2O. The van der Waals surface area contributed by atoms with Crippen LogP contribution in [0.3, 0.4) is 0 Å². The lowest BCUT2D eigenvalue weighted by Gasteiger charge is -2.24. The van der Waals surface area contributed by atoms with Gasteiger partial charge in [0.1, 0.15) is 5.75 Å². The number of hydrogen-bond acceptors (Lipinski definition) is 3. The monoisotopic (exact) mass is 348 g/mol.